The van der Waals surface area contributed by atoms with Crippen molar-refractivity contribution in [3.05, 3.63) is 35.4 Å². The largest absolute Gasteiger partial charge is 0.393 e. The number of likely N-dealkylation sites (tertiary alicyclic amines) is 1. The summed E-state index contributed by atoms with van der Waals surface area (Å²) >= 11 is 0. The van der Waals surface area contributed by atoms with Crippen LogP contribution in [-0.4, -0.2) is 65.0 Å². The van der Waals surface area contributed by atoms with Crippen LogP contribution in [0.15, 0.2) is 18.2 Å². The summed E-state index contributed by atoms with van der Waals surface area (Å²) in [6.07, 6.45) is 0.781. The second-order valence-corrected chi connectivity index (χ2v) is 6.86. The Bertz CT molecular complexity index is 664. The van der Waals surface area contributed by atoms with Gasteiger partial charge in [0, 0.05) is 38.8 Å². The highest BCUT2D eigenvalue weighted by atomic mass is 35.5. The van der Waals surface area contributed by atoms with E-state index in [0.29, 0.717) is 44.6 Å². The van der Waals surface area contributed by atoms with E-state index >= 15 is 0 Å². The van der Waals surface area contributed by atoms with Crippen molar-refractivity contribution < 1.29 is 23.5 Å². The Kier molecular flexibility index (Phi) is 7.52. The smallest absolute Gasteiger partial charge is 0.240 e. The predicted octanol–water partition coefficient (Wildman–Crippen LogP) is 1.06. The highest BCUT2D eigenvalue weighted by Crippen LogP contribution is 2.16. The lowest BCUT2D eigenvalue weighted by atomic mass is 10.0. The van der Waals surface area contributed by atoms with Gasteiger partial charge in [-0.3, -0.25) is 9.59 Å². The Labute approximate surface area is 162 Å². The molecule has 27 heavy (non-hydrogen) atoms. The summed E-state index contributed by atoms with van der Waals surface area (Å²) in [4.78, 5) is 28.2. The lowest BCUT2D eigenvalue weighted by Crippen LogP contribution is -2.56. The standard InChI is InChI=1S/C18H23F2N3O3.ClH/c19-13-7-12(8-14(20)9-13)11-23-6-3-21-16(18(23)26)10-17(25)22-4-1-15(24)2-5-22;/h7-9,15-16,21,24H,1-6,10-11H2;1H. The van der Waals surface area contributed by atoms with Crippen LogP contribution in [0.5, 0.6) is 0 Å². The number of hydrogen-bond acceptors (Lipinski definition) is 4. The average molecular weight is 404 g/mol. The van der Waals surface area contributed by atoms with Gasteiger partial charge in [-0.1, -0.05) is 0 Å². The molecular formula is C18H24ClF2N3O3. The van der Waals surface area contributed by atoms with E-state index in [9.17, 15) is 23.5 Å². The summed E-state index contributed by atoms with van der Waals surface area (Å²) < 4.78 is 26.7. The van der Waals surface area contributed by atoms with Crippen LogP contribution in [0.4, 0.5) is 8.78 Å². The van der Waals surface area contributed by atoms with Crippen molar-refractivity contribution in [3.63, 3.8) is 0 Å². The molecule has 0 bridgehead atoms. The maximum atomic E-state index is 13.3. The third-order valence-electron chi connectivity index (χ3n) is 4.87. The summed E-state index contributed by atoms with van der Waals surface area (Å²) in [7, 11) is 0. The van der Waals surface area contributed by atoms with Gasteiger partial charge in [0.05, 0.1) is 18.6 Å². The zero-order chi connectivity index (χ0) is 18.7. The van der Waals surface area contributed by atoms with E-state index in [-0.39, 0.29) is 43.3 Å². The van der Waals surface area contributed by atoms with Crippen LogP contribution in [0.1, 0.15) is 24.8 Å². The predicted molar refractivity (Wildman–Crippen MR) is 97.3 cm³/mol. The molecule has 2 fully saturated rings. The number of piperidine rings is 1. The molecule has 2 saturated heterocycles. The van der Waals surface area contributed by atoms with Gasteiger partial charge in [0.1, 0.15) is 11.6 Å². The van der Waals surface area contributed by atoms with Gasteiger partial charge in [-0.2, -0.15) is 0 Å². The molecule has 2 aliphatic heterocycles. The van der Waals surface area contributed by atoms with Gasteiger partial charge in [0.25, 0.3) is 0 Å². The Morgan fingerprint density at radius 3 is 2.41 bits per heavy atom. The second-order valence-electron chi connectivity index (χ2n) is 6.86. The Balaban J connectivity index is 0.00000261. The molecule has 2 N–H and O–H groups in total. The van der Waals surface area contributed by atoms with E-state index in [1.165, 1.54) is 17.0 Å². The van der Waals surface area contributed by atoms with Crippen LogP contribution in [0.3, 0.4) is 0 Å². The Hall–Kier alpha value is -1.77. The van der Waals surface area contributed by atoms with Gasteiger partial charge in [-0.05, 0) is 30.5 Å². The number of halogens is 3. The molecule has 9 heteroatoms. The summed E-state index contributed by atoms with van der Waals surface area (Å²) in [5.74, 6) is -1.73. The van der Waals surface area contributed by atoms with Crippen LogP contribution >= 0.6 is 12.4 Å². The number of carbonyl (C=O) groups is 2. The number of nitrogens with zero attached hydrogens (tertiary/aromatic N) is 2. The number of nitrogens with one attached hydrogen (secondary N) is 1. The molecule has 6 nitrogen and oxygen atoms in total. The number of piperazine rings is 1. The minimum atomic E-state index is -0.679. The quantitative estimate of drug-likeness (QED) is 0.788. The molecule has 2 amide bonds. The van der Waals surface area contributed by atoms with Crippen molar-refractivity contribution in [2.75, 3.05) is 26.2 Å². The third kappa shape index (κ3) is 5.60. The van der Waals surface area contributed by atoms with Crippen LogP contribution < -0.4 is 5.32 Å². The van der Waals surface area contributed by atoms with Crippen molar-refractivity contribution in [2.24, 2.45) is 0 Å². The number of hydrogen-bond donors (Lipinski definition) is 2. The van der Waals surface area contributed by atoms with E-state index in [2.05, 4.69) is 5.32 Å². The molecule has 0 aromatic heterocycles. The first-order valence-electron chi connectivity index (χ1n) is 8.85. The maximum absolute atomic E-state index is 13.3. The molecule has 150 valence electrons. The lowest BCUT2D eigenvalue weighted by Gasteiger charge is -2.35. The van der Waals surface area contributed by atoms with E-state index in [0.717, 1.165) is 6.07 Å². The van der Waals surface area contributed by atoms with Crippen molar-refractivity contribution in [3.8, 4) is 0 Å². The van der Waals surface area contributed by atoms with Gasteiger partial charge < -0.3 is 20.2 Å². The maximum Gasteiger partial charge on any atom is 0.240 e. The van der Waals surface area contributed by atoms with Gasteiger partial charge in [0.15, 0.2) is 0 Å². The molecule has 2 aliphatic rings. The zero-order valence-corrected chi connectivity index (χ0v) is 15.7. The van der Waals surface area contributed by atoms with Crippen molar-refractivity contribution in [1.29, 1.82) is 0 Å². The minimum Gasteiger partial charge on any atom is -0.393 e. The summed E-state index contributed by atoms with van der Waals surface area (Å²) in [6.45, 7) is 2.02. The lowest BCUT2D eigenvalue weighted by molar-refractivity contribution is -0.142. The minimum absolute atomic E-state index is 0. The van der Waals surface area contributed by atoms with Gasteiger partial charge >= 0.3 is 0 Å². The summed E-state index contributed by atoms with van der Waals surface area (Å²) in [5, 5.41) is 12.6. The average Bonchev–Trinajstić information content (AvgIpc) is 2.58. The molecule has 0 radical (unpaired) electrons. The first-order valence-corrected chi connectivity index (χ1v) is 8.85. The molecule has 0 aliphatic carbocycles. The molecule has 1 atom stereocenters. The molecule has 1 aromatic rings. The van der Waals surface area contributed by atoms with Crippen LogP contribution in [0.2, 0.25) is 0 Å². The topological polar surface area (TPSA) is 72.9 Å². The molecule has 1 unspecified atom stereocenters. The molecule has 1 aromatic carbocycles. The molecule has 2 heterocycles. The first-order chi connectivity index (χ1) is 12.4. The number of amides is 2. The molecule has 0 saturated carbocycles. The molecule has 0 spiro atoms. The van der Waals surface area contributed by atoms with Crippen molar-refractivity contribution in [1.82, 2.24) is 15.1 Å². The second kappa shape index (κ2) is 9.43. The fraction of sp³-hybridized carbons (Fsp3) is 0.556. The third-order valence-corrected chi connectivity index (χ3v) is 4.87. The van der Waals surface area contributed by atoms with Gasteiger partial charge in [-0.15, -0.1) is 12.4 Å². The zero-order valence-electron chi connectivity index (χ0n) is 14.9. The summed E-state index contributed by atoms with van der Waals surface area (Å²) in [5.41, 5.74) is 0.382. The number of benzene rings is 1. The van der Waals surface area contributed by atoms with Gasteiger partial charge in [0.2, 0.25) is 11.8 Å². The Morgan fingerprint density at radius 2 is 1.78 bits per heavy atom. The van der Waals surface area contributed by atoms with E-state index < -0.39 is 17.7 Å². The molecular weight excluding hydrogens is 380 g/mol. The number of aliphatic hydroxyl groups excluding tert-OH is 1. The normalized spacial score (nSPS) is 21.1. The first kappa shape index (κ1) is 21.5. The SMILES string of the molecule is Cl.O=C(CC1NCCN(Cc2cc(F)cc(F)c2)C1=O)N1CCC(O)CC1. The number of rotatable bonds is 4. The monoisotopic (exact) mass is 403 g/mol. The van der Waals surface area contributed by atoms with Crippen molar-refractivity contribution in [2.45, 2.75) is 38.0 Å². The van der Waals surface area contributed by atoms with Crippen LogP contribution in [0.25, 0.3) is 0 Å². The number of carbonyl (C=O) groups excluding carboxylic acids is 2. The van der Waals surface area contributed by atoms with E-state index in [4.69, 9.17) is 0 Å². The van der Waals surface area contributed by atoms with E-state index in [1.807, 2.05) is 0 Å². The fourth-order valence-corrected chi connectivity index (χ4v) is 3.45. The fourth-order valence-electron chi connectivity index (χ4n) is 3.45. The van der Waals surface area contributed by atoms with Crippen molar-refractivity contribution >= 4 is 24.2 Å². The van der Waals surface area contributed by atoms with Crippen LogP contribution in [-0.2, 0) is 16.1 Å². The highest BCUT2D eigenvalue weighted by Gasteiger charge is 2.32. The van der Waals surface area contributed by atoms with Gasteiger partial charge in [-0.25, -0.2) is 8.78 Å². The Morgan fingerprint density at radius 1 is 1.15 bits per heavy atom. The highest BCUT2D eigenvalue weighted by molar-refractivity contribution is 5.89. The van der Waals surface area contributed by atoms with Crippen LogP contribution in [0, 0.1) is 11.6 Å². The summed E-state index contributed by atoms with van der Waals surface area (Å²) in [6, 6.07) is 2.57. The molecule has 3 rings (SSSR count). The van der Waals surface area contributed by atoms with E-state index in [1.54, 1.807) is 4.90 Å². The number of aliphatic hydroxyl groups is 1.